The van der Waals surface area contributed by atoms with Crippen molar-refractivity contribution in [1.29, 1.82) is 0 Å². The van der Waals surface area contributed by atoms with Crippen LogP contribution in [0.2, 0.25) is 0 Å². The predicted molar refractivity (Wildman–Crippen MR) is 312 cm³/mol. The molecule has 0 bridgehead atoms. The molecule has 0 fully saturated rings. The van der Waals surface area contributed by atoms with Gasteiger partial charge in [0.25, 0.3) is 0 Å². The van der Waals surface area contributed by atoms with Gasteiger partial charge in [-0.25, -0.2) is 0 Å². The minimum Gasteiger partial charge on any atom is -0.468 e. The molecule has 0 saturated carbocycles. The molecule has 0 amide bonds. The van der Waals surface area contributed by atoms with Gasteiger partial charge in [0, 0.05) is 33.5 Å². The fourth-order valence-corrected chi connectivity index (χ4v) is 12.8. The first-order chi connectivity index (χ1) is 35.6. The molecule has 5 heteroatoms. The molecule has 350 valence electrons. The zero-order valence-corrected chi connectivity index (χ0v) is 42.1. The molecular formula is C68H53BN2O2. The molecule has 15 rings (SSSR count). The van der Waals surface area contributed by atoms with Gasteiger partial charge in [0.2, 0.25) is 0 Å². The van der Waals surface area contributed by atoms with E-state index in [0.717, 1.165) is 85.7 Å². The standard InChI is InChI=1S/C68H53BN2O2/c1-7-67(3,4)40-28-34-60-56(36-40)63-65(72-60)69-62-58(70(63)42-30-32-52-48-22-11-9-18-44(48)46-20-13-15-24-50(46)54(52)38-42)26-17-27-59(62)71(64-57-37-41(68(5,6)8-2)29-35-61(57)73-66(64)69)43-31-33-53-49-23-12-10-19-45(49)47-21-14-16-25-51(47)55(53)39-43/h9-39H,7-8H2,1-6H3. The van der Waals surface area contributed by atoms with Crippen molar-refractivity contribution in [2.75, 3.05) is 9.80 Å². The number of fused-ring (bicyclic) bond motifs is 20. The second-order valence-corrected chi connectivity index (χ2v) is 22.0. The van der Waals surface area contributed by atoms with Gasteiger partial charge in [0.15, 0.2) is 0 Å². The van der Waals surface area contributed by atoms with Gasteiger partial charge in [0.1, 0.15) is 22.5 Å². The van der Waals surface area contributed by atoms with Crippen molar-refractivity contribution in [3.63, 3.8) is 0 Å². The number of anilines is 6. The van der Waals surface area contributed by atoms with Crippen LogP contribution in [0, 0.1) is 0 Å². The largest absolute Gasteiger partial charge is 0.468 e. The van der Waals surface area contributed by atoms with Crippen molar-refractivity contribution in [2.45, 2.75) is 65.2 Å². The van der Waals surface area contributed by atoms with Gasteiger partial charge in [-0.05, 0) is 166 Å². The maximum atomic E-state index is 7.42. The second-order valence-electron chi connectivity index (χ2n) is 22.0. The molecule has 0 atom stereocenters. The van der Waals surface area contributed by atoms with Crippen LogP contribution in [0.25, 0.3) is 86.6 Å². The maximum absolute atomic E-state index is 7.42. The van der Waals surface area contributed by atoms with Crippen LogP contribution in [-0.2, 0) is 10.8 Å². The Morgan fingerprint density at radius 1 is 0.356 bits per heavy atom. The van der Waals surface area contributed by atoms with Crippen LogP contribution in [0.4, 0.5) is 34.1 Å². The zero-order chi connectivity index (χ0) is 49.1. The van der Waals surface area contributed by atoms with Crippen LogP contribution in [0.1, 0.15) is 65.5 Å². The quantitative estimate of drug-likeness (QED) is 0.123. The zero-order valence-electron chi connectivity index (χ0n) is 42.1. The summed E-state index contributed by atoms with van der Waals surface area (Å²) in [6, 6.07) is 70.3. The summed E-state index contributed by atoms with van der Waals surface area (Å²) in [4.78, 5) is 5.02. The average molecular weight is 941 g/mol. The van der Waals surface area contributed by atoms with E-state index in [1.807, 2.05) is 0 Å². The van der Waals surface area contributed by atoms with E-state index in [2.05, 4.69) is 239 Å². The molecule has 0 unspecified atom stereocenters. The van der Waals surface area contributed by atoms with Crippen molar-refractivity contribution >= 4 is 144 Å². The van der Waals surface area contributed by atoms with Gasteiger partial charge in [-0.1, -0.05) is 169 Å². The maximum Gasteiger partial charge on any atom is 0.342 e. The van der Waals surface area contributed by atoms with Gasteiger partial charge in [-0.2, -0.15) is 0 Å². The Hall–Kier alpha value is -8.28. The fraction of sp³-hybridized carbons (Fsp3) is 0.147. The lowest BCUT2D eigenvalue weighted by Crippen LogP contribution is -2.60. The Bertz CT molecular complexity index is 4160. The van der Waals surface area contributed by atoms with Gasteiger partial charge in [-0.3, -0.25) is 0 Å². The summed E-state index contributed by atoms with van der Waals surface area (Å²) in [5.74, 6) is 0. The van der Waals surface area contributed by atoms with Crippen LogP contribution >= 0.6 is 0 Å². The lowest BCUT2D eigenvalue weighted by Gasteiger charge is -2.40. The molecule has 4 nitrogen and oxygen atoms in total. The Labute approximate surface area is 425 Å². The number of hydrogen-bond donors (Lipinski definition) is 0. The molecule has 0 radical (unpaired) electrons. The van der Waals surface area contributed by atoms with Gasteiger partial charge in [-0.15, -0.1) is 0 Å². The summed E-state index contributed by atoms with van der Waals surface area (Å²) in [7, 11) is 0. The number of benzene rings is 11. The van der Waals surface area contributed by atoms with E-state index >= 15 is 0 Å². The van der Waals surface area contributed by atoms with E-state index < -0.39 is 0 Å². The average Bonchev–Trinajstić information content (AvgIpc) is 4.01. The van der Waals surface area contributed by atoms with Crippen molar-refractivity contribution in [2.24, 2.45) is 0 Å². The summed E-state index contributed by atoms with van der Waals surface area (Å²) >= 11 is 0. The summed E-state index contributed by atoms with van der Waals surface area (Å²) in [6.45, 7) is 13.6. The first-order valence-electron chi connectivity index (χ1n) is 26.2. The first-order valence-corrected chi connectivity index (χ1v) is 26.2. The van der Waals surface area contributed by atoms with E-state index in [4.69, 9.17) is 8.83 Å². The van der Waals surface area contributed by atoms with Crippen molar-refractivity contribution in [3.05, 3.63) is 199 Å². The molecule has 13 aromatic rings. The Morgan fingerprint density at radius 3 is 1.05 bits per heavy atom. The Kier molecular flexibility index (Phi) is 8.79. The summed E-state index contributed by atoms with van der Waals surface area (Å²) in [5.41, 5.74) is 13.8. The third-order valence-electron chi connectivity index (χ3n) is 17.5. The molecule has 0 spiro atoms. The van der Waals surface area contributed by atoms with Gasteiger partial charge in [0.05, 0.1) is 11.4 Å². The molecule has 11 aromatic carbocycles. The van der Waals surface area contributed by atoms with Crippen LogP contribution in [-0.4, -0.2) is 6.71 Å². The molecule has 0 aliphatic carbocycles. The normalized spacial score (nSPS) is 13.6. The van der Waals surface area contributed by atoms with Gasteiger partial charge >= 0.3 is 6.71 Å². The number of hydrogen-bond acceptors (Lipinski definition) is 4. The Balaban J connectivity index is 1.06. The fourth-order valence-electron chi connectivity index (χ4n) is 12.8. The highest BCUT2D eigenvalue weighted by molar-refractivity contribution is 6.99. The third kappa shape index (κ3) is 5.85. The van der Waals surface area contributed by atoms with E-state index in [1.54, 1.807) is 0 Å². The molecule has 2 aliphatic rings. The predicted octanol–water partition coefficient (Wildman–Crippen LogP) is 17.6. The van der Waals surface area contributed by atoms with E-state index in [1.165, 1.54) is 75.8 Å². The summed E-state index contributed by atoms with van der Waals surface area (Å²) in [6.07, 6.45) is 2.02. The molecule has 4 heterocycles. The third-order valence-corrected chi connectivity index (χ3v) is 17.5. The molecule has 73 heavy (non-hydrogen) atoms. The van der Waals surface area contributed by atoms with Crippen molar-refractivity contribution in [1.82, 2.24) is 0 Å². The molecule has 2 aliphatic heterocycles. The first kappa shape index (κ1) is 42.4. The van der Waals surface area contributed by atoms with E-state index in [0.29, 0.717) is 0 Å². The molecule has 2 aromatic heterocycles. The van der Waals surface area contributed by atoms with Gasteiger partial charge < -0.3 is 18.6 Å². The smallest absolute Gasteiger partial charge is 0.342 e. The number of nitrogens with zero attached hydrogens (tertiary/aromatic N) is 2. The number of rotatable bonds is 6. The lowest BCUT2D eigenvalue weighted by atomic mass is 9.37. The van der Waals surface area contributed by atoms with Crippen molar-refractivity contribution in [3.8, 4) is 0 Å². The SMILES string of the molecule is CCC(C)(C)c1ccc2oc3c(c2c1)N(c1ccc2c4ccccc4c4ccccc4c2c1)c1cccc2c1B3c1oc3ccc(C(C)(C)CC)cc3c1N2c1ccc2c3ccccc3c3ccccc3c2c1. The monoisotopic (exact) mass is 940 g/mol. The van der Waals surface area contributed by atoms with E-state index in [-0.39, 0.29) is 17.5 Å². The van der Waals surface area contributed by atoms with Crippen LogP contribution in [0.15, 0.2) is 197 Å². The minimum atomic E-state index is -0.329. The molecule has 0 saturated heterocycles. The second kappa shape index (κ2) is 15.1. The Morgan fingerprint density at radius 2 is 0.699 bits per heavy atom. The summed E-state index contributed by atoms with van der Waals surface area (Å²) in [5, 5.41) is 17.2. The highest BCUT2D eigenvalue weighted by atomic mass is 16.3. The number of furan rings is 2. The lowest BCUT2D eigenvalue weighted by molar-refractivity contribution is 0.506. The highest BCUT2D eigenvalue weighted by Crippen LogP contribution is 2.51. The summed E-state index contributed by atoms with van der Waals surface area (Å²) < 4.78 is 14.8. The minimum absolute atomic E-state index is 0.0372. The topological polar surface area (TPSA) is 32.8 Å². The van der Waals surface area contributed by atoms with Crippen LogP contribution < -0.4 is 26.6 Å². The van der Waals surface area contributed by atoms with E-state index in [9.17, 15) is 0 Å². The van der Waals surface area contributed by atoms with Crippen LogP contribution in [0.3, 0.4) is 0 Å². The van der Waals surface area contributed by atoms with Crippen molar-refractivity contribution < 1.29 is 8.83 Å². The molecular weight excluding hydrogens is 888 g/mol. The van der Waals surface area contributed by atoms with Crippen LogP contribution in [0.5, 0.6) is 0 Å². The highest BCUT2D eigenvalue weighted by Gasteiger charge is 2.50. The molecule has 0 N–H and O–H groups in total.